The Morgan fingerprint density at radius 3 is 2.50 bits per heavy atom. The van der Waals surface area contributed by atoms with E-state index in [-0.39, 0.29) is 5.75 Å². The van der Waals surface area contributed by atoms with Crippen molar-refractivity contribution < 1.29 is 19.1 Å². The fourth-order valence-electron chi connectivity index (χ4n) is 2.36. The number of benzene rings is 2. The molecule has 0 saturated carbocycles. The Kier molecular flexibility index (Phi) is 4.52. The van der Waals surface area contributed by atoms with Crippen molar-refractivity contribution in [2.24, 2.45) is 0 Å². The minimum atomic E-state index is -0.0373. The third-order valence-electron chi connectivity index (χ3n) is 3.57. The lowest BCUT2D eigenvalue weighted by atomic mass is 10.1. The lowest BCUT2D eigenvalue weighted by molar-refractivity contribution is 0.339. The smallest absolute Gasteiger partial charge is 0.201 e. The highest BCUT2D eigenvalue weighted by molar-refractivity contribution is 5.75. The quantitative estimate of drug-likeness (QED) is 0.761. The van der Waals surface area contributed by atoms with E-state index in [1.54, 1.807) is 24.3 Å². The van der Waals surface area contributed by atoms with Gasteiger partial charge in [0.15, 0.2) is 17.3 Å². The molecule has 3 rings (SSSR count). The van der Waals surface area contributed by atoms with Gasteiger partial charge in [-0.15, -0.1) is 0 Å². The highest BCUT2D eigenvalue weighted by Crippen LogP contribution is 2.39. The molecule has 0 spiro atoms. The van der Waals surface area contributed by atoms with E-state index in [1.807, 2.05) is 36.4 Å². The molecule has 0 radical (unpaired) electrons. The molecule has 5 nitrogen and oxygen atoms in total. The molecule has 3 aromatic rings. The van der Waals surface area contributed by atoms with Gasteiger partial charge in [-0.1, -0.05) is 35.5 Å². The molecule has 1 N–H and O–H groups in total. The van der Waals surface area contributed by atoms with Crippen LogP contribution in [-0.2, 0) is 0 Å². The second kappa shape index (κ2) is 6.91. The van der Waals surface area contributed by atoms with E-state index in [9.17, 15) is 5.11 Å². The van der Waals surface area contributed by atoms with Gasteiger partial charge in [0, 0.05) is 17.2 Å². The van der Waals surface area contributed by atoms with Crippen LogP contribution in [0.3, 0.4) is 0 Å². The number of hydrogen-bond donors (Lipinski definition) is 1. The molecule has 0 bridgehead atoms. The molecule has 5 heteroatoms. The molecule has 2 aromatic carbocycles. The summed E-state index contributed by atoms with van der Waals surface area (Å²) in [4.78, 5) is 0. The Morgan fingerprint density at radius 1 is 1.00 bits per heavy atom. The monoisotopic (exact) mass is 323 g/mol. The molecule has 0 atom stereocenters. The second-order valence-corrected chi connectivity index (χ2v) is 5.05. The first-order chi connectivity index (χ1) is 11.7. The maximum atomic E-state index is 10.1. The number of aromatic nitrogens is 1. The fourth-order valence-corrected chi connectivity index (χ4v) is 2.36. The van der Waals surface area contributed by atoms with Crippen molar-refractivity contribution in [2.75, 3.05) is 14.2 Å². The molecular weight excluding hydrogens is 306 g/mol. The number of ether oxygens (including phenoxy) is 2. The van der Waals surface area contributed by atoms with Gasteiger partial charge in [0.1, 0.15) is 5.69 Å². The average molecular weight is 323 g/mol. The molecule has 0 aliphatic carbocycles. The summed E-state index contributed by atoms with van der Waals surface area (Å²) in [5.41, 5.74) is 2.45. The molecule has 0 saturated heterocycles. The summed E-state index contributed by atoms with van der Waals surface area (Å²) in [7, 11) is 2.98. The molecule has 0 aliphatic heterocycles. The molecule has 1 heterocycles. The van der Waals surface area contributed by atoms with Crippen LogP contribution in [0.2, 0.25) is 0 Å². The summed E-state index contributed by atoms with van der Waals surface area (Å²) in [5, 5.41) is 14.2. The lowest BCUT2D eigenvalue weighted by Crippen LogP contribution is -1.91. The van der Waals surface area contributed by atoms with Crippen molar-refractivity contribution >= 4 is 12.2 Å². The van der Waals surface area contributed by atoms with E-state index in [2.05, 4.69) is 5.16 Å². The molecule has 122 valence electrons. The molecule has 0 fully saturated rings. The van der Waals surface area contributed by atoms with Crippen LogP contribution >= 0.6 is 0 Å². The van der Waals surface area contributed by atoms with Crippen molar-refractivity contribution in [1.82, 2.24) is 5.16 Å². The van der Waals surface area contributed by atoms with Crippen molar-refractivity contribution in [1.29, 1.82) is 0 Å². The zero-order valence-corrected chi connectivity index (χ0v) is 13.4. The number of hydrogen-bond acceptors (Lipinski definition) is 5. The molecule has 1 aromatic heterocycles. The zero-order valence-electron chi connectivity index (χ0n) is 13.4. The SMILES string of the molecule is COc1ccc(/C=C/c2cc(-c3ccccc3)no2)c(OC)c1O. The van der Waals surface area contributed by atoms with Gasteiger partial charge < -0.3 is 19.1 Å². The number of methoxy groups -OCH3 is 2. The Bertz CT molecular complexity index is 853. The summed E-state index contributed by atoms with van der Waals surface area (Å²) in [6.45, 7) is 0. The third kappa shape index (κ3) is 3.10. The number of phenolic OH excluding ortho intramolecular Hbond substituents is 1. The van der Waals surface area contributed by atoms with Crippen molar-refractivity contribution in [3.63, 3.8) is 0 Å². The summed E-state index contributed by atoms with van der Waals surface area (Å²) >= 11 is 0. The van der Waals surface area contributed by atoms with E-state index < -0.39 is 0 Å². The van der Waals surface area contributed by atoms with Crippen LogP contribution in [0.15, 0.2) is 53.1 Å². The van der Waals surface area contributed by atoms with Gasteiger partial charge >= 0.3 is 0 Å². The number of rotatable bonds is 5. The van der Waals surface area contributed by atoms with E-state index in [4.69, 9.17) is 14.0 Å². The average Bonchev–Trinajstić information content (AvgIpc) is 3.10. The lowest BCUT2D eigenvalue weighted by Gasteiger charge is -2.10. The van der Waals surface area contributed by atoms with E-state index in [1.165, 1.54) is 14.2 Å². The molecule has 0 amide bonds. The second-order valence-electron chi connectivity index (χ2n) is 5.05. The van der Waals surface area contributed by atoms with Gasteiger partial charge in [0.2, 0.25) is 5.75 Å². The van der Waals surface area contributed by atoms with Crippen LogP contribution in [0.25, 0.3) is 23.4 Å². The normalized spacial score (nSPS) is 10.9. The Morgan fingerprint density at radius 2 is 1.79 bits per heavy atom. The highest BCUT2D eigenvalue weighted by Gasteiger charge is 2.12. The van der Waals surface area contributed by atoms with Crippen LogP contribution in [0, 0.1) is 0 Å². The van der Waals surface area contributed by atoms with Crippen LogP contribution < -0.4 is 9.47 Å². The first kappa shape index (κ1) is 15.7. The summed E-state index contributed by atoms with van der Waals surface area (Å²) < 4.78 is 15.7. The minimum absolute atomic E-state index is 0.0373. The van der Waals surface area contributed by atoms with Crippen molar-refractivity contribution in [3.8, 4) is 28.5 Å². The Hall–Kier alpha value is -3.21. The number of nitrogens with zero attached hydrogens (tertiary/aromatic N) is 1. The predicted molar refractivity (Wildman–Crippen MR) is 92.1 cm³/mol. The van der Waals surface area contributed by atoms with Crippen molar-refractivity contribution in [2.45, 2.75) is 0 Å². The highest BCUT2D eigenvalue weighted by atomic mass is 16.5. The largest absolute Gasteiger partial charge is 0.502 e. The third-order valence-corrected chi connectivity index (χ3v) is 3.57. The summed E-state index contributed by atoms with van der Waals surface area (Å²) in [6, 6.07) is 15.1. The fraction of sp³-hybridized carbons (Fsp3) is 0.105. The van der Waals surface area contributed by atoms with Gasteiger partial charge in [-0.3, -0.25) is 0 Å². The standard InChI is InChI=1S/C19H17NO4/c1-22-17-11-9-14(19(23-2)18(17)21)8-10-15-12-16(20-24-15)13-6-4-3-5-7-13/h3-12,21H,1-2H3/b10-8+. The molecular formula is C19H17NO4. The van der Waals surface area contributed by atoms with Gasteiger partial charge in [0.05, 0.1) is 14.2 Å². The van der Waals surface area contributed by atoms with Gasteiger partial charge in [-0.05, 0) is 24.3 Å². The maximum absolute atomic E-state index is 10.1. The van der Waals surface area contributed by atoms with E-state index in [0.717, 1.165) is 11.3 Å². The van der Waals surface area contributed by atoms with Crippen LogP contribution in [0.4, 0.5) is 0 Å². The molecule has 24 heavy (non-hydrogen) atoms. The van der Waals surface area contributed by atoms with Gasteiger partial charge in [-0.25, -0.2) is 0 Å². The number of aromatic hydroxyl groups is 1. The molecule has 0 unspecified atom stereocenters. The summed E-state index contributed by atoms with van der Waals surface area (Å²) in [6.07, 6.45) is 3.55. The number of phenols is 1. The first-order valence-corrected chi connectivity index (χ1v) is 7.37. The van der Waals surface area contributed by atoms with Crippen LogP contribution in [0.1, 0.15) is 11.3 Å². The maximum Gasteiger partial charge on any atom is 0.201 e. The summed E-state index contributed by atoms with van der Waals surface area (Å²) in [5.74, 6) is 1.26. The van der Waals surface area contributed by atoms with Crippen molar-refractivity contribution in [3.05, 3.63) is 59.9 Å². The van der Waals surface area contributed by atoms with Crippen LogP contribution in [-0.4, -0.2) is 24.5 Å². The topological polar surface area (TPSA) is 64.7 Å². The zero-order chi connectivity index (χ0) is 16.9. The van der Waals surface area contributed by atoms with Gasteiger partial charge in [0.25, 0.3) is 0 Å². The molecule has 0 aliphatic rings. The predicted octanol–water partition coefficient (Wildman–Crippen LogP) is 4.23. The Labute approximate surface area is 139 Å². The first-order valence-electron chi connectivity index (χ1n) is 7.37. The van der Waals surface area contributed by atoms with Gasteiger partial charge in [-0.2, -0.15) is 0 Å². The van der Waals surface area contributed by atoms with Crippen LogP contribution in [0.5, 0.6) is 17.2 Å². The van der Waals surface area contributed by atoms with E-state index >= 15 is 0 Å². The van der Waals surface area contributed by atoms with E-state index in [0.29, 0.717) is 22.8 Å². The minimum Gasteiger partial charge on any atom is -0.502 e. The Balaban J connectivity index is 1.87.